The van der Waals surface area contributed by atoms with Gasteiger partial charge in [0.15, 0.2) is 17.2 Å². The molecule has 5 heteroatoms. The smallest absolute Gasteiger partial charge is 0.174 e. The molecule has 24 heavy (non-hydrogen) atoms. The maximum absolute atomic E-state index is 14.5. The minimum Gasteiger partial charge on any atom is -0.494 e. The number of benzene rings is 2. The van der Waals surface area contributed by atoms with Crippen LogP contribution in [0, 0.1) is 5.82 Å². The van der Waals surface area contributed by atoms with Gasteiger partial charge < -0.3 is 4.74 Å². The topological polar surface area (TPSA) is 39.4 Å². The number of halogens is 1. The van der Waals surface area contributed by atoms with Gasteiger partial charge in [-0.05, 0) is 12.1 Å². The summed E-state index contributed by atoms with van der Waals surface area (Å²) < 4.78 is 21.5. The minimum absolute atomic E-state index is 0.198. The van der Waals surface area contributed by atoms with Gasteiger partial charge in [0.05, 0.1) is 30.9 Å². The summed E-state index contributed by atoms with van der Waals surface area (Å²) in [5.41, 5.74) is 3.59. The highest BCUT2D eigenvalue weighted by molar-refractivity contribution is 5.67. The van der Waals surface area contributed by atoms with Crippen LogP contribution in [0.4, 0.5) is 4.39 Å². The van der Waals surface area contributed by atoms with Crippen LogP contribution in [-0.4, -0.2) is 21.5 Å². The SMILES string of the molecule is COc1cccc(-c2cn3c(-c4ccccc4)cnc3cn2)c1F. The Morgan fingerprint density at radius 3 is 2.58 bits per heavy atom. The molecule has 2 aromatic carbocycles. The number of nitrogens with zero attached hydrogens (tertiary/aromatic N) is 3. The van der Waals surface area contributed by atoms with Gasteiger partial charge in [-0.1, -0.05) is 36.4 Å². The van der Waals surface area contributed by atoms with Crippen LogP contribution < -0.4 is 4.74 Å². The average Bonchev–Trinajstić information content (AvgIpc) is 3.06. The fourth-order valence-electron chi connectivity index (χ4n) is 2.72. The number of hydrogen-bond acceptors (Lipinski definition) is 3. The molecular weight excluding hydrogens is 305 g/mol. The molecule has 4 nitrogen and oxygen atoms in total. The van der Waals surface area contributed by atoms with Crippen molar-refractivity contribution in [2.45, 2.75) is 0 Å². The lowest BCUT2D eigenvalue weighted by atomic mass is 10.1. The van der Waals surface area contributed by atoms with Crippen molar-refractivity contribution in [1.29, 1.82) is 0 Å². The third-order valence-corrected chi connectivity index (χ3v) is 3.92. The first-order chi connectivity index (χ1) is 11.8. The van der Waals surface area contributed by atoms with Gasteiger partial charge in [0.25, 0.3) is 0 Å². The summed E-state index contributed by atoms with van der Waals surface area (Å²) in [6.07, 6.45) is 5.22. The van der Waals surface area contributed by atoms with Crippen LogP contribution in [0.5, 0.6) is 5.75 Å². The highest BCUT2D eigenvalue weighted by Gasteiger charge is 2.13. The second kappa shape index (κ2) is 5.77. The van der Waals surface area contributed by atoms with Gasteiger partial charge in [-0.3, -0.25) is 9.38 Å². The van der Waals surface area contributed by atoms with Crippen molar-refractivity contribution in [2.24, 2.45) is 0 Å². The van der Waals surface area contributed by atoms with E-state index in [1.807, 2.05) is 34.7 Å². The molecule has 0 spiro atoms. The summed E-state index contributed by atoms with van der Waals surface area (Å²) in [4.78, 5) is 8.71. The second-order valence-electron chi connectivity index (χ2n) is 5.33. The Kier molecular flexibility index (Phi) is 3.46. The molecule has 4 rings (SSSR count). The molecule has 0 bridgehead atoms. The standard InChI is InChI=1S/C19H14FN3O/c1-24-17-9-5-8-14(19(17)20)15-12-23-16(10-22-18(23)11-21-15)13-6-3-2-4-7-13/h2-12H,1H3. The van der Waals surface area contributed by atoms with Gasteiger partial charge in [-0.2, -0.15) is 0 Å². The summed E-state index contributed by atoms with van der Waals surface area (Å²) >= 11 is 0. The van der Waals surface area contributed by atoms with Crippen molar-refractivity contribution < 1.29 is 9.13 Å². The van der Waals surface area contributed by atoms with E-state index in [4.69, 9.17) is 4.74 Å². The molecule has 0 aliphatic rings. The number of aromatic nitrogens is 3. The van der Waals surface area contributed by atoms with Crippen molar-refractivity contribution in [1.82, 2.24) is 14.4 Å². The molecule has 0 N–H and O–H groups in total. The number of ether oxygens (including phenoxy) is 1. The van der Waals surface area contributed by atoms with Gasteiger partial charge in [0.2, 0.25) is 0 Å². The van der Waals surface area contributed by atoms with Gasteiger partial charge in [0, 0.05) is 17.3 Å². The van der Waals surface area contributed by atoms with E-state index in [1.165, 1.54) is 7.11 Å². The third-order valence-electron chi connectivity index (χ3n) is 3.92. The van der Waals surface area contributed by atoms with E-state index >= 15 is 0 Å². The van der Waals surface area contributed by atoms with Crippen molar-refractivity contribution in [2.75, 3.05) is 7.11 Å². The van der Waals surface area contributed by atoms with Crippen LogP contribution >= 0.6 is 0 Å². The van der Waals surface area contributed by atoms with Crippen molar-refractivity contribution in [3.05, 3.63) is 72.9 Å². The van der Waals surface area contributed by atoms with Gasteiger partial charge in [-0.25, -0.2) is 9.37 Å². The number of rotatable bonds is 3. The van der Waals surface area contributed by atoms with E-state index < -0.39 is 5.82 Å². The molecule has 0 radical (unpaired) electrons. The Morgan fingerprint density at radius 2 is 1.79 bits per heavy atom. The summed E-state index contributed by atoms with van der Waals surface area (Å²) in [6.45, 7) is 0. The van der Waals surface area contributed by atoms with Crippen LogP contribution in [0.2, 0.25) is 0 Å². The lowest BCUT2D eigenvalue weighted by Crippen LogP contribution is -1.96. The summed E-state index contributed by atoms with van der Waals surface area (Å²) in [6, 6.07) is 14.9. The normalized spacial score (nSPS) is 10.9. The molecule has 0 aliphatic carbocycles. The largest absolute Gasteiger partial charge is 0.494 e. The van der Waals surface area contributed by atoms with Crippen LogP contribution in [0.15, 0.2) is 67.1 Å². The molecule has 0 atom stereocenters. The Morgan fingerprint density at radius 1 is 0.958 bits per heavy atom. The van der Waals surface area contributed by atoms with Crippen molar-refractivity contribution in [3.63, 3.8) is 0 Å². The highest BCUT2D eigenvalue weighted by atomic mass is 19.1. The quantitative estimate of drug-likeness (QED) is 0.568. The first-order valence-electron chi connectivity index (χ1n) is 7.49. The monoisotopic (exact) mass is 319 g/mol. The first-order valence-corrected chi connectivity index (χ1v) is 7.49. The van der Waals surface area contributed by atoms with Crippen LogP contribution in [-0.2, 0) is 0 Å². The van der Waals surface area contributed by atoms with Crippen LogP contribution in [0.25, 0.3) is 28.2 Å². The van der Waals surface area contributed by atoms with Gasteiger partial charge >= 0.3 is 0 Å². The lowest BCUT2D eigenvalue weighted by Gasteiger charge is -2.08. The third kappa shape index (κ3) is 2.31. The number of imidazole rings is 1. The first kappa shape index (κ1) is 14.4. The van der Waals surface area contributed by atoms with E-state index in [2.05, 4.69) is 9.97 Å². The maximum Gasteiger partial charge on any atom is 0.174 e. The Hall–Kier alpha value is -3.21. The number of fused-ring (bicyclic) bond motifs is 1. The summed E-state index contributed by atoms with van der Waals surface area (Å²) in [7, 11) is 1.45. The minimum atomic E-state index is -0.423. The fraction of sp³-hybridized carbons (Fsp3) is 0.0526. The molecule has 4 aromatic rings. The summed E-state index contributed by atoms with van der Waals surface area (Å²) in [5, 5.41) is 0. The van der Waals surface area contributed by atoms with Crippen LogP contribution in [0.1, 0.15) is 0 Å². The maximum atomic E-state index is 14.5. The fourth-order valence-corrected chi connectivity index (χ4v) is 2.72. The van der Waals surface area contributed by atoms with Crippen molar-refractivity contribution in [3.8, 4) is 28.3 Å². The zero-order chi connectivity index (χ0) is 16.5. The molecule has 0 fully saturated rings. The van der Waals surface area contributed by atoms with E-state index in [0.29, 0.717) is 16.9 Å². The van der Waals surface area contributed by atoms with E-state index in [-0.39, 0.29) is 5.75 Å². The molecule has 0 saturated carbocycles. The molecular formula is C19H14FN3O. The van der Waals surface area contributed by atoms with E-state index in [1.54, 1.807) is 36.8 Å². The average molecular weight is 319 g/mol. The molecule has 0 amide bonds. The molecule has 0 unspecified atom stereocenters. The molecule has 118 valence electrons. The molecule has 0 aliphatic heterocycles. The van der Waals surface area contributed by atoms with Gasteiger partial charge in [0.1, 0.15) is 0 Å². The zero-order valence-electron chi connectivity index (χ0n) is 13.0. The summed E-state index contributed by atoms with van der Waals surface area (Å²) in [5.74, 6) is -0.225. The number of hydrogen-bond donors (Lipinski definition) is 0. The van der Waals surface area contributed by atoms with E-state index in [9.17, 15) is 4.39 Å². The molecule has 0 saturated heterocycles. The predicted octanol–water partition coefficient (Wildman–Crippen LogP) is 4.21. The highest BCUT2D eigenvalue weighted by Crippen LogP contribution is 2.29. The lowest BCUT2D eigenvalue weighted by molar-refractivity contribution is 0.387. The Bertz CT molecular complexity index is 1010. The zero-order valence-corrected chi connectivity index (χ0v) is 13.0. The number of methoxy groups -OCH3 is 1. The van der Waals surface area contributed by atoms with Crippen molar-refractivity contribution >= 4 is 5.65 Å². The van der Waals surface area contributed by atoms with Gasteiger partial charge in [-0.15, -0.1) is 0 Å². The van der Waals surface area contributed by atoms with E-state index in [0.717, 1.165) is 11.3 Å². The Labute approximate surface area is 138 Å². The second-order valence-corrected chi connectivity index (χ2v) is 5.33. The van der Waals surface area contributed by atoms with Crippen LogP contribution in [0.3, 0.4) is 0 Å². The Balaban J connectivity index is 1.90. The molecule has 2 aromatic heterocycles. The molecule has 2 heterocycles. The predicted molar refractivity (Wildman–Crippen MR) is 90.4 cm³/mol.